The standard InChI is InChI=1S/C19H27N5O2/c1-24-16(25)19(23-17(24)20,12-14-8-4-2-5-9-14)13-21-18(26)22-15-10-6-3-7-11-15/h3,6-7,10-11,14H,2,4-5,8-9,12-13H2,1H3,(H2,20,23)(H2,21,22,26). The van der Waals surface area contributed by atoms with E-state index < -0.39 is 5.54 Å². The van der Waals surface area contributed by atoms with Crippen LogP contribution in [0.25, 0.3) is 0 Å². The molecule has 3 rings (SSSR count). The van der Waals surface area contributed by atoms with Crippen molar-refractivity contribution in [3.8, 4) is 0 Å². The van der Waals surface area contributed by atoms with E-state index in [1.54, 1.807) is 19.2 Å². The van der Waals surface area contributed by atoms with Crippen molar-refractivity contribution in [2.24, 2.45) is 5.92 Å². The third-order valence-corrected chi connectivity index (χ3v) is 5.35. The maximum absolute atomic E-state index is 12.8. The minimum atomic E-state index is -0.929. The summed E-state index contributed by atoms with van der Waals surface area (Å²) in [6, 6.07) is 8.83. The lowest BCUT2D eigenvalue weighted by atomic mass is 9.79. The second-order valence-corrected chi connectivity index (χ2v) is 7.30. The zero-order valence-electron chi connectivity index (χ0n) is 15.2. The molecule has 0 bridgehead atoms. The van der Waals surface area contributed by atoms with Crippen LogP contribution in [0, 0.1) is 11.3 Å². The summed E-state index contributed by atoms with van der Waals surface area (Å²) in [5.74, 6) is 0.391. The van der Waals surface area contributed by atoms with Gasteiger partial charge in [-0.25, -0.2) is 4.79 Å². The maximum atomic E-state index is 12.8. The van der Waals surface area contributed by atoms with Crippen LogP contribution in [-0.4, -0.2) is 41.9 Å². The summed E-state index contributed by atoms with van der Waals surface area (Å²) < 4.78 is 0. The van der Waals surface area contributed by atoms with Gasteiger partial charge in [-0.05, 0) is 24.5 Å². The number of amides is 3. The summed E-state index contributed by atoms with van der Waals surface area (Å²) in [6.45, 7) is 0.160. The van der Waals surface area contributed by atoms with Gasteiger partial charge < -0.3 is 16.0 Å². The van der Waals surface area contributed by atoms with Crippen molar-refractivity contribution in [3.63, 3.8) is 0 Å². The maximum Gasteiger partial charge on any atom is 0.319 e. The lowest BCUT2D eigenvalue weighted by Crippen LogP contribution is -2.56. The van der Waals surface area contributed by atoms with Gasteiger partial charge in [0.15, 0.2) is 5.96 Å². The van der Waals surface area contributed by atoms with Crippen LogP contribution < -0.4 is 16.0 Å². The van der Waals surface area contributed by atoms with Gasteiger partial charge in [0.1, 0.15) is 5.54 Å². The Balaban J connectivity index is 1.66. The van der Waals surface area contributed by atoms with Crippen molar-refractivity contribution in [2.75, 3.05) is 18.9 Å². The van der Waals surface area contributed by atoms with Crippen molar-refractivity contribution in [2.45, 2.75) is 44.1 Å². The Morgan fingerprint density at radius 2 is 1.96 bits per heavy atom. The lowest BCUT2D eigenvalue weighted by molar-refractivity contribution is -0.130. The lowest BCUT2D eigenvalue weighted by Gasteiger charge is -2.33. The molecule has 1 atom stereocenters. The van der Waals surface area contributed by atoms with E-state index in [4.69, 9.17) is 5.41 Å². The molecule has 7 heteroatoms. The van der Waals surface area contributed by atoms with Crippen molar-refractivity contribution in [1.29, 1.82) is 5.41 Å². The average Bonchev–Trinajstić information content (AvgIpc) is 2.86. The molecule has 0 spiro atoms. The van der Waals surface area contributed by atoms with E-state index in [9.17, 15) is 9.59 Å². The van der Waals surface area contributed by atoms with Gasteiger partial charge in [0.25, 0.3) is 5.91 Å². The van der Waals surface area contributed by atoms with Crippen molar-refractivity contribution < 1.29 is 9.59 Å². The van der Waals surface area contributed by atoms with Gasteiger partial charge in [0, 0.05) is 12.7 Å². The number of nitrogens with zero attached hydrogens (tertiary/aromatic N) is 1. The van der Waals surface area contributed by atoms with E-state index >= 15 is 0 Å². The molecule has 1 saturated heterocycles. The molecule has 1 heterocycles. The predicted molar refractivity (Wildman–Crippen MR) is 101 cm³/mol. The summed E-state index contributed by atoms with van der Waals surface area (Å²) in [4.78, 5) is 26.4. The third-order valence-electron chi connectivity index (χ3n) is 5.35. The monoisotopic (exact) mass is 357 g/mol. The van der Waals surface area contributed by atoms with Crippen molar-refractivity contribution >= 4 is 23.6 Å². The molecule has 1 aromatic rings. The third kappa shape index (κ3) is 3.98. The number of hydrogen-bond donors (Lipinski definition) is 4. The van der Waals surface area contributed by atoms with Crippen LogP contribution in [0.2, 0.25) is 0 Å². The molecule has 4 N–H and O–H groups in total. The van der Waals surface area contributed by atoms with E-state index in [2.05, 4.69) is 16.0 Å². The van der Waals surface area contributed by atoms with Crippen LogP contribution in [0.15, 0.2) is 30.3 Å². The van der Waals surface area contributed by atoms with Gasteiger partial charge in [-0.1, -0.05) is 50.3 Å². The Morgan fingerprint density at radius 1 is 1.27 bits per heavy atom. The first kappa shape index (κ1) is 18.2. The largest absolute Gasteiger partial charge is 0.340 e. The molecule has 2 aliphatic rings. The first-order valence-corrected chi connectivity index (χ1v) is 9.25. The summed E-state index contributed by atoms with van der Waals surface area (Å²) in [6.07, 6.45) is 6.46. The number of urea groups is 1. The highest BCUT2D eigenvalue weighted by Gasteiger charge is 2.49. The van der Waals surface area contributed by atoms with E-state index in [0.717, 1.165) is 12.8 Å². The molecule has 1 unspecified atom stereocenters. The van der Waals surface area contributed by atoms with Gasteiger partial charge in [-0.2, -0.15) is 0 Å². The Hall–Kier alpha value is -2.57. The number of benzene rings is 1. The molecule has 26 heavy (non-hydrogen) atoms. The van der Waals surface area contributed by atoms with Crippen LogP contribution in [0.3, 0.4) is 0 Å². The summed E-state index contributed by atoms with van der Waals surface area (Å²) >= 11 is 0. The quantitative estimate of drug-likeness (QED) is 0.652. The fraction of sp³-hybridized carbons (Fsp3) is 0.526. The summed E-state index contributed by atoms with van der Waals surface area (Å²) in [5.41, 5.74) is -0.232. The Morgan fingerprint density at radius 3 is 2.58 bits per heavy atom. The molecule has 2 fully saturated rings. The highest BCUT2D eigenvalue weighted by Crippen LogP contribution is 2.33. The van der Waals surface area contributed by atoms with E-state index in [1.807, 2.05) is 18.2 Å². The number of guanidine groups is 1. The number of carbonyl (C=O) groups excluding carboxylic acids is 2. The average molecular weight is 357 g/mol. The molecule has 140 valence electrons. The van der Waals surface area contributed by atoms with E-state index in [0.29, 0.717) is 18.0 Å². The molecule has 1 aliphatic heterocycles. The molecule has 7 nitrogen and oxygen atoms in total. The number of anilines is 1. The van der Waals surface area contributed by atoms with Gasteiger partial charge >= 0.3 is 6.03 Å². The first-order valence-electron chi connectivity index (χ1n) is 9.25. The molecule has 1 aliphatic carbocycles. The number of hydrogen-bond acceptors (Lipinski definition) is 3. The summed E-state index contributed by atoms with van der Waals surface area (Å²) in [5, 5.41) is 16.6. The molecule has 0 radical (unpaired) electrons. The van der Waals surface area contributed by atoms with Crippen LogP contribution in [0.5, 0.6) is 0 Å². The first-order chi connectivity index (χ1) is 12.5. The SMILES string of the molecule is CN1C(=N)NC(CNC(=O)Nc2ccccc2)(CC2CCCCC2)C1=O. The second kappa shape index (κ2) is 7.76. The highest BCUT2D eigenvalue weighted by atomic mass is 16.2. The van der Waals surface area contributed by atoms with Crippen LogP contribution in [0.1, 0.15) is 38.5 Å². The minimum Gasteiger partial charge on any atom is -0.340 e. The second-order valence-electron chi connectivity index (χ2n) is 7.30. The molecular formula is C19H27N5O2. The smallest absolute Gasteiger partial charge is 0.319 e. The Bertz CT molecular complexity index is 672. The van der Waals surface area contributed by atoms with Crippen molar-refractivity contribution in [3.05, 3.63) is 30.3 Å². The number of rotatable bonds is 5. The molecule has 0 aromatic heterocycles. The van der Waals surface area contributed by atoms with E-state index in [-0.39, 0.29) is 24.4 Å². The Kier molecular flexibility index (Phi) is 5.44. The van der Waals surface area contributed by atoms with E-state index in [1.165, 1.54) is 24.2 Å². The van der Waals surface area contributed by atoms with Gasteiger partial charge in [-0.15, -0.1) is 0 Å². The molecule has 1 aromatic carbocycles. The van der Waals surface area contributed by atoms with Crippen LogP contribution in [0.4, 0.5) is 10.5 Å². The predicted octanol–water partition coefficient (Wildman–Crippen LogP) is 2.51. The number of carbonyl (C=O) groups is 2. The fourth-order valence-corrected chi connectivity index (χ4v) is 3.93. The zero-order chi connectivity index (χ0) is 18.6. The minimum absolute atomic E-state index is 0.0936. The molecular weight excluding hydrogens is 330 g/mol. The number of para-hydroxylation sites is 1. The van der Waals surface area contributed by atoms with Crippen LogP contribution in [-0.2, 0) is 4.79 Å². The zero-order valence-corrected chi connectivity index (χ0v) is 15.2. The Labute approximate surface area is 154 Å². The number of nitrogens with one attached hydrogen (secondary N) is 4. The highest BCUT2D eigenvalue weighted by molar-refractivity contribution is 6.08. The fourth-order valence-electron chi connectivity index (χ4n) is 3.93. The molecule has 1 saturated carbocycles. The van der Waals surface area contributed by atoms with Crippen LogP contribution >= 0.6 is 0 Å². The normalized spacial score (nSPS) is 23.7. The summed E-state index contributed by atoms with van der Waals surface area (Å²) in [7, 11) is 1.60. The number of likely N-dealkylation sites (N-methyl/N-ethyl adjacent to an activating group) is 1. The van der Waals surface area contributed by atoms with Crippen molar-refractivity contribution in [1.82, 2.24) is 15.5 Å². The topological polar surface area (TPSA) is 97.3 Å². The molecule has 3 amide bonds. The van der Waals surface area contributed by atoms with Gasteiger partial charge in [-0.3, -0.25) is 15.1 Å². The van der Waals surface area contributed by atoms with Gasteiger partial charge in [0.05, 0.1) is 6.54 Å². The van der Waals surface area contributed by atoms with Gasteiger partial charge in [0.2, 0.25) is 0 Å².